The highest BCUT2D eigenvalue weighted by molar-refractivity contribution is 6.06. The van der Waals surface area contributed by atoms with E-state index in [0.717, 1.165) is 0 Å². The quantitative estimate of drug-likeness (QED) is 0.593. The summed E-state index contributed by atoms with van der Waals surface area (Å²) in [5.41, 5.74) is 0.494. The van der Waals surface area contributed by atoms with Crippen LogP contribution in [-0.2, 0) is 9.53 Å². The fourth-order valence-electron chi connectivity index (χ4n) is 2.35. The molecule has 8 heteroatoms. The predicted octanol–water partition coefficient (Wildman–Crippen LogP) is 3.50. The highest BCUT2D eigenvalue weighted by Gasteiger charge is 2.16. The first-order valence-electron chi connectivity index (χ1n) is 9.10. The smallest absolute Gasteiger partial charge is 0.407 e. The van der Waals surface area contributed by atoms with Gasteiger partial charge in [0.2, 0.25) is 5.91 Å². The molecule has 0 radical (unpaired) electrons. The number of carbonyl (C=O) groups is 3. The van der Waals surface area contributed by atoms with Crippen LogP contribution >= 0.6 is 0 Å². The van der Waals surface area contributed by atoms with Crippen LogP contribution in [-0.4, -0.2) is 35.2 Å². The van der Waals surface area contributed by atoms with Gasteiger partial charge >= 0.3 is 6.09 Å². The molecule has 0 atom stereocenters. The van der Waals surface area contributed by atoms with E-state index >= 15 is 0 Å². The highest BCUT2D eigenvalue weighted by Crippen LogP contribution is 2.20. The van der Waals surface area contributed by atoms with Crippen LogP contribution in [0.5, 0.6) is 5.75 Å². The molecule has 0 aliphatic rings. The molecule has 0 saturated carbocycles. The van der Waals surface area contributed by atoms with Crippen molar-refractivity contribution < 1.29 is 24.2 Å². The van der Waals surface area contributed by atoms with Crippen LogP contribution < -0.4 is 16.0 Å². The number of benzene rings is 2. The Balaban J connectivity index is 1.86. The Morgan fingerprint density at radius 2 is 1.62 bits per heavy atom. The summed E-state index contributed by atoms with van der Waals surface area (Å²) in [6.07, 6.45) is -0.521. The van der Waals surface area contributed by atoms with Gasteiger partial charge < -0.3 is 25.8 Å². The first-order valence-corrected chi connectivity index (χ1v) is 9.10. The van der Waals surface area contributed by atoms with Gasteiger partial charge in [-0.3, -0.25) is 9.59 Å². The van der Waals surface area contributed by atoms with E-state index in [1.165, 1.54) is 12.1 Å². The van der Waals surface area contributed by atoms with E-state index in [1.54, 1.807) is 57.2 Å². The van der Waals surface area contributed by atoms with E-state index < -0.39 is 17.6 Å². The largest absolute Gasteiger partial charge is 0.507 e. The summed E-state index contributed by atoms with van der Waals surface area (Å²) in [6, 6.07) is 12.8. The summed E-state index contributed by atoms with van der Waals surface area (Å²) < 4.78 is 5.10. The minimum atomic E-state index is -0.603. The van der Waals surface area contributed by atoms with E-state index in [-0.39, 0.29) is 30.2 Å². The molecule has 29 heavy (non-hydrogen) atoms. The van der Waals surface area contributed by atoms with Crippen molar-refractivity contribution >= 4 is 29.3 Å². The molecule has 0 aliphatic heterocycles. The molecule has 2 aromatic carbocycles. The number of carbonyl (C=O) groups excluding carboxylic acids is 3. The van der Waals surface area contributed by atoms with Crippen molar-refractivity contribution in [3.63, 3.8) is 0 Å². The molecule has 0 bridgehead atoms. The van der Waals surface area contributed by atoms with Crippen molar-refractivity contribution in [1.82, 2.24) is 5.32 Å². The van der Waals surface area contributed by atoms with Gasteiger partial charge in [0.25, 0.3) is 5.91 Å². The zero-order valence-electron chi connectivity index (χ0n) is 16.6. The number of alkyl carbamates (subject to hydrolysis) is 1. The Kier molecular flexibility index (Phi) is 7.19. The first kappa shape index (κ1) is 21.7. The average molecular weight is 399 g/mol. The molecule has 0 spiro atoms. The Hall–Kier alpha value is -3.55. The van der Waals surface area contributed by atoms with Crippen molar-refractivity contribution in [3.05, 3.63) is 54.1 Å². The minimum Gasteiger partial charge on any atom is -0.507 e. The minimum absolute atomic E-state index is 0.0632. The van der Waals surface area contributed by atoms with E-state index in [0.29, 0.717) is 11.4 Å². The molecule has 0 aliphatic carbocycles. The van der Waals surface area contributed by atoms with Gasteiger partial charge in [0, 0.05) is 24.3 Å². The van der Waals surface area contributed by atoms with Gasteiger partial charge in [0.1, 0.15) is 11.4 Å². The standard InChI is InChI=1S/C21H25N3O5/c1-21(2,3)29-20(28)22-12-11-18(26)23-14-7-6-8-15(13-14)24-19(27)16-9-4-5-10-17(16)25/h4-10,13,25H,11-12H2,1-3H3,(H,22,28)(H,23,26)(H,24,27). The summed E-state index contributed by atoms with van der Waals surface area (Å²) in [7, 11) is 0. The fraction of sp³-hybridized carbons (Fsp3) is 0.286. The zero-order valence-corrected chi connectivity index (χ0v) is 16.6. The van der Waals surface area contributed by atoms with Gasteiger partial charge in [-0.1, -0.05) is 18.2 Å². The number of anilines is 2. The maximum Gasteiger partial charge on any atom is 0.407 e. The third kappa shape index (κ3) is 7.53. The third-order valence-corrected chi connectivity index (χ3v) is 3.57. The Morgan fingerprint density at radius 3 is 2.28 bits per heavy atom. The monoisotopic (exact) mass is 399 g/mol. The lowest BCUT2D eigenvalue weighted by atomic mass is 10.2. The summed E-state index contributed by atoms with van der Waals surface area (Å²) in [5.74, 6) is -0.884. The molecular weight excluding hydrogens is 374 g/mol. The van der Waals surface area contributed by atoms with Crippen molar-refractivity contribution in [2.24, 2.45) is 0 Å². The molecule has 0 heterocycles. The van der Waals surface area contributed by atoms with Gasteiger partial charge in [-0.05, 0) is 51.1 Å². The van der Waals surface area contributed by atoms with Crippen LogP contribution in [0, 0.1) is 0 Å². The van der Waals surface area contributed by atoms with Gasteiger partial charge in [0.15, 0.2) is 0 Å². The lowest BCUT2D eigenvalue weighted by Gasteiger charge is -2.19. The number of para-hydroxylation sites is 1. The topological polar surface area (TPSA) is 117 Å². The number of amides is 3. The predicted molar refractivity (Wildman–Crippen MR) is 110 cm³/mol. The van der Waals surface area contributed by atoms with Crippen LogP contribution in [0.2, 0.25) is 0 Å². The van der Waals surface area contributed by atoms with Gasteiger partial charge in [-0.25, -0.2) is 4.79 Å². The number of hydrogen-bond donors (Lipinski definition) is 4. The maximum atomic E-state index is 12.3. The van der Waals surface area contributed by atoms with Crippen LogP contribution in [0.4, 0.5) is 16.2 Å². The third-order valence-electron chi connectivity index (χ3n) is 3.57. The number of phenols is 1. The van der Waals surface area contributed by atoms with Crippen molar-refractivity contribution in [1.29, 1.82) is 0 Å². The van der Waals surface area contributed by atoms with Gasteiger partial charge in [-0.2, -0.15) is 0 Å². The zero-order chi connectivity index (χ0) is 21.4. The van der Waals surface area contributed by atoms with Gasteiger partial charge in [-0.15, -0.1) is 0 Å². The Labute approximate surface area is 169 Å². The molecule has 2 rings (SSSR count). The molecule has 2 aromatic rings. The van der Waals surface area contributed by atoms with E-state index in [9.17, 15) is 19.5 Å². The second kappa shape index (κ2) is 9.59. The molecule has 0 saturated heterocycles. The molecule has 0 unspecified atom stereocenters. The molecule has 3 amide bonds. The average Bonchev–Trinajstić information content (AvgIpc) is 2.60. The first-order chi connectivity index (χ1) is 13.6. The summed E-state index contributed by atoms with van der Waals surface area (Å²) in [6.45, 7) is 5.39. The number of rotatable bonds is 6. The maximum absolute atomic E-state index is 12.3. The lowest BCUT2D eigenvalue weighted by Crippen LogP contribution is -2.34. The second-order valence-corrected chi connectivity index (χ2v) is 7.28. The van der Waals surface area contributed by atoms with E-state index in [1.807, 2.05) is 0 Å². The summed E-state index contributed by atoms with van der Waals surface area (Å²) in [5, 5.41) is 17.6. The molecule has 0 aromatic heterocycles. The summed E-state index contributed by atoms with van der Waals surface area (Å²) in [4.78, 5) is 35.9. The number of nitrogens with one attached hydrogen (secondary N) is 3. The number of aromatic hydroxyl groups is 1. The van der Waals surface area contributed by atoms with Crippen LogP contribution in [0.15, 0.2) is 48.5 Å². The van der Waals surface area contributed by atoms with Crippen molar-refractivity contribution in [2.75, 3.05) is 17.2 Å². The Bertz CT molecular complexity index is 890. The number of ether oxygens (including phenoxy) is 1. The molecule has 4 N–H and O–H groups in total. The van der Waals surface area contributed by atoms with Crippen LogP contribution in [0.1, 0.15) is 37.6 Å². The number of hydrogen-bond acceptors (Lipinski definition) is 5. The second-order valence-electron chi connectivity index (χ2n) is 7.28. The van der Waals surface area contributed by atoms with Crippen molar-refractivity contribution in [2.45, 2.75) is 32.8 Å². The lowest BCUT2D eigenvalue weighted by molar-refractivity contribution is -0.116. The van der Waals surface area contributed by atoms with Crippen molar-refractivity contribution in [3.8, 4) is 5.75 Å². The molecular formula is C21H25N3O5. The van der Waals surface area contributed by atoms with E-state index in [2.05, 4.69) is 16.0 Å². The van der Waals surface area contributed by atoms with Crippen LogP contribution in [0.25, 0.3) is 0 Å². The molecule has 154 valence electrons. The fourth-order valence-corrected chi connectivity index (χ4v) is 2.35. The van der Waals surface area contributed by atoms with E-state index in [4.69, 9.17) is 4.74 Å². The SMILES string of the molecule is CC(C)(C)OC(=O)NCCC(=O)Nc1cccc(NC(=O)c2ccccc2O)c1. The highest BCUT2D eigenvalue weighted by atomic mass is 16.6. The Morgan fingerprint density at radius 1 is 0.966 bits per heavy atom. The summed E-state index contributed by atoms with van der Waals surface area (Å²) >= 11 is 0. The molecule has 0 fully saturated rings. The molecule has 8 nitrogen and oxygen atoms in total. The number of phenolic OH excluding ortho intramolecular Hbond substituents is 1. The normalized spacial score (nSPS) is 10.7. The van der Waals surface area contributed by atoms with Gasteiger partial charge in [0.05, 0.1) is 5.56 Å². The van der Waals surface area contributed by atoms with Crippen LogP contribution in [0.3, 0.4) is 0 Å².